The second-order valence-electron chi connectivity index (χ2n) is 7.52. The maximum atomic E-state index is 12.6. The van der Waals surface area contributed by atoms with Crippen LogP contribution in [0.2, 0.25) is 0 Å². The number of nitrogens with one attached hydrogen (secondary N) is 3. The molecule has 0 radical (unpaired) electrons. The van der Waals surface area contributed by atoms with E-state index in [4.69, 9.17) is 27.4 Å². The molecule has 0 aliphatic heterocycles. The van der Waals surface area contributed by atoms with Gasteiger partial charge in [-0.3, -0.25) is 29.0 Å². The van der Waals surface area contributed by atoms with E-state index in [9.17, 15) is 24.0 Å². The Morgan fingerprint density at radius 2 is 1.50 bits per heavy atom. The molecule has 0 aliphatic carbocycles. The van der Waals surface area contributed by atoms with Gasteiger partial charge in [-0.15, -0.1) is 0 Å². The topological polar surface area (TPSA) is 252 Å². The van der Waals surface area contributed by atoms with Crippen LogP contribution in [0.4, 0.5) is 0 Å². The van der Waals surface area contributed by atoms with E-state index in [1.165, 1.54) is 0 Å². The number of guanidine groups is 1. The summed E-state index contributed by atoms with van der Waals surface area (Å²) in [7, 11) is 0. The van der Waals surface area contributed by atoms with E-state index in [0.29, 0.717) is 6.42 Å². The van der Waals surface area contributed by atoms with E-state index in [0.717, 1.165) is 0 Å². The molecule has 0 bridgehead atoms. The summed E-state index contributed by atoms with van der Waals surface area (Å²) >= 11 is 0. The Morgan fingerprint density at radius 1 is 0.906 bits per heavy atom. The number of rotatable bonds is 15. The predicted molar refractivity (Wildman–Crippen MR) is 114 cm³/mol. The first-order chi connectivity index (χ1) is 14.8. The minimum absolute atomic E-state index is 0.0537. The van der Waals surface area contributed by atoms with Crippen LogP contribution < -0.4 is 33.2 Å². The number of amides is 3. The summed E-state index contributed by atoms with van der Waals surface area (Å²) in [5.74, 6) is -5.20. The predicted octanol–water partition coefficient (Wildman–Crippen LogP) is -2.94. The SMILES string of the molecule is CC(C)CC(NC(=O)C(CC(=O)O)NC(=O)C(N)CCCN=C(N)N)C(=O)NCC(=O)O. The Labute approximate surface area is 185 Å². The van der Waals surface area contributed by atoms with Crippen molar-refractivity contribution in [3.05, 3.63) is 0 Å². The summed E-state index contributed by atoms with van der Waals surface area (Å²) in [4.78, 5) is 62.8. The van der Waals surface area contributed by atoms with Crippen molar-refractivity contribution in [3.8, 4) is 0 Å². The molecular weight excluding hydrogens is 426 g/mol. The lowest BCUT2D eigenvalue weighted by Crippen LogP contribution is -2.56. The van der Waals surface area contributed by atoms with E-state index in [1.807, 2.05) is 0 Å². The first kappa shape index (κ1) is 28.6. The third kappa shape index (κ3) is 13.0. The van der Waals surface area contributed by atoms with Crippen LogP contribution in [0.3, 0.4) is 0 Å². The van der Waals surface area contributed by atoms with Gasteiger partial charge in [-0.25, -0.2) is 0 Å². The van der Waals surface area contributed by atoms with Gasteiger partial charge in [0.15, 0.2) is 5.96 Å². The van der Waals surface area contributed by atoms with E-state index in [1.54, 1.807) is 13.8 Å². The highest BCUT2D eigenvalue weighted by atomic mass is 16.4. The number of carboxylic acids is 2. The van der Waals surface area contributed by atoms with Gasteiger partial charge in [0.1, 0.15) is 18.6 Å². The molecule has 0 aromatic carbocycles. The van der Waals surface area contributed by atoms with Gasteiger partial charge >= 0.3 is 11.9 Å². The van der Waals surface area contributed by atoms with E-state index in [-0.39, 0.29) is 31.3 Å². The van der Waals surface area contributed by atoms with Crippen LogP contribution in [-0.2, 0) is 24.0 Å². The van der Waals surface area contributed by atoms with Crippen LogP contribution in [0.5, 0.6) is 0 Å². The summed E-state index contributed by atoms with van der Waals surface area (Å²) in [5, 5.41) is 24.6. The minimum atomic E-state index is -1.49. The van der Waals surface area contributed by atoms with Gasteiger partial charge in [0.25, 0.3) is 0 Å². The molecule has 0 aliphatic rings. The van der Waals surface area contributed by atoms with Gasteiger partial charge < -0.3 is 43.4 Å². The zero-order valence-corrected chi connectivity index (χ0v) is 18.2. The molecule has 3 atom stereocenters. The highest BCUT2D eigenvalue weighted by Gasteiger charge is 2.30. The lowest BCUT2D eigenvalue weighted by Gasteiger charge is -2.24. The van der Waals surface area contributed by atoms with Crippen LogP contribution in [0, 0.1) is 5.92 Å². The molecule has 0 rings (SSSR count). The number of carboxylic acid groups (broad SMARTS) is 2. The van der Waals surface area contributed by atoms with Crippen molar-refractivity contribution in [1.29, 1.82) is 0 Å². The van der Waals surface area contributed by atoms with Gasteiger partial charge in [0, 0.05) is 6.54 Å². The molecule has 14 nitrogen and oxygen atoms in total. The molecule has 3 unspecified atom stereocenters. The molecule has 0 aromatic heterocycles. The number of nitrogens with zero attached hydrogens (tertiary/aromatic N) is 1. The Bertz CT molecular complexity index is 708. The smallest absolute Gasteiger partial charge is 0.322 e. The number of aliphatic carboxylic acids is 2. The number of hydrogen-bond acceptors (Lipinski definition) is 7. The third-order valence-corrected chi connectivity index (χ3v) is 4.07. The molecule has 182 valence electrons. The van der Waals surface area contributed by atoms with Crippen molar-refractivity contribution < 1.29 is 34.2 Å². The van der Waals surface area contributed by atoms with Gasteiger partial charge in [0.2, 0.25) is 17.7 Å². The van der Waals surface area contributed by atoms with Crippen molar-refractivity contribution in [2.45, 2.75) is 57.7 Å². The highest BCUT2D eigenvalue weighted by Crippen LogP contribution is 2.07. The summed E-state index contributed by atoms with van der Waals surface area (Å²) in [5.41, 5.74) is 16.2. The molecule has 14 heteroatoms. The second-order valence-corrected chi connectivity index (χ2v) is 7.52. The number of carbonyl (C=O) groups excluding carboxylic acids is 3. The zero-order valence-electron chi connectivity index (χ0n) is 18.2. The summed E-state index contributed by atoms with van der Waals surface area (Å²) < 4.78 is 0. The zero-order chi connectivity index (χ0) is 24.8. The van der Waals surface area contributed by atoms with Gasteiger partial charge in [-0.2, -0.15) is 0 Å². The highest BCUT2D eigenvalue weighted by molar-refractivity contribution is 5.95. The normalized spacial score (nSPS) is 13.4. The maximum Gasteiger partial charge on any atom is 0.322 e. The molecule has 0 aromatic rings. The first-order valence-electron chi connectivity index (χ1n) is 9.96. The third-order valence-electron chi connectivity index (χ3n) is 4.07. The van der Waals surface area contributed by atoms with Crippen molar-refractivity contribution in [2.75, 3.05) is 13.1 Å². The van der Waals surface area contributed by atoms with Crippen molar-refractivity contribution in [3.63, 3.8) is 0 Å². The van der Waals surface area contributed by atoms with E-state index in [2.05, 4.69) is 20.9 Å². The molecule has 3 amide bonds. The van der Waals surface area contributed by atoms with Crippen LogP contribution in [0.1, 0.15) is 39.5 Å². The molecule has 0 saturated carbocycles. The van der Waals surface area contributed by atoms with Crippen molar-refractivity contribution in [2.24, 2.45) is 28.1 Å². The molecule has 0 heterocycles. The largest absolute Gasteiger partial charge is 0.481 e. The van der Waals surface area contributed by atoms with Crippen molar-refractivity contribution >= 4 is 35.6 Å². The number of carbonyl (C=O) groups is 5. The molecule has 0 spiro atoms. The van der Waals surface area contributed by atoms with Gasteiger partial charge in [0.05, 0.1) is 12.5 Å². The molecule has 32 heavy (non-hydrogen) atoms. The minimum Gasteiger partial charge on any atom is -0.481 e. The van der Waals surface area contributed by atoms with Crippen molar-refractivity contribution in [1.82, 2.24) is 16.0 Å². The average molecular weight is 460 g/mol. The average Bonchev–Trinajstić information content (AvgIpc) is 2.67. The molecule has 0 saturated heterocycles. The Morgan fingerprint density at radius 3 is 2.00 bits per heavy atom. The second kappa shape index (κ2) is 14.6. The van der Waals surface area contributed by atoms with Crippen LogP contribution in [-0.4, -0.2) is 77.0 Å². The standard InChI is InChI=1S/C18H33N7O7/c1-9(2)6-11(16(31)23-8-14(28)29)25-17(32)12(7-13(26)27)24-15(30)10(19)4-3-5-22-18(20)21/h9-12H,3-8,19H2,1-2H3,(H,23,31)(H,24,30)(H,25,32)(H,26,27)(H,28,29)(H4,20,21,22). The monoisotopic (exact) mass is 459 g/mol. The quantitative estimate of drug-likeness (QED) is 0.0702. The number of nitrogens with two attached hydrogens (primary N) is 3. The van der Waals surface area contributed by atoms with E-state index >= 15 is 0 Å². The number of aliphatic imine (C=N–C) groups is 1. The number of hydrogen-bond donors (Lipinski definition) is 8. The molecular formula is C18H33N7O7. The first-order valence-corrected chi connectivity index (χ1v) is 9.96. The van der Waals surface area contributed by atoms with Gasteiger partial charge in [-0.1, -0.05) is 13.8 Å². The van der Waals surface area contributed by atoms with Crippen LogP contribution in [0.15, 0.2) is 4.99 Å². The lowest BCUT2D eigenvalue weighted by atomic mass is 10.0. The Kier molecular flexibility index (Phi) is 13.0. The summed E-state index contributed by atoms with van der Waals surface area (Å²) in [6, 6.07) is -3.66. The fourth-order valence-corrected chi connectivity index (χ4v) is 2.57. The Balaban J connectivity index is 5.16. The van der Waals surface area contributed by atoms with Crippen LogP contribution >= 0.6 is 0 Å². The maximum absolute atomic E-state index is 12.6. The van der Waals surface area contributed by atoms with E-state index < -0.39 is 60.8 Å². The fraction of sp³-hybridized carbons (Fsp3) is 0.667. The Hall–Kier alpha value is -3.42. The summed E-state index contributed by atoms with van der Waals surface area (Å²) in [6.07, 6.45) is -0.0290. The van der Waals surface area contributed by atoms with Crippen LogP contribution in [0.25, 0.3) is 0 Å². The fourth-order valence-electron chi connectivity index (χ4n) is 2.57. The molecule has 11 N–H and O–H groups in total. The lowest BCUT2D eigenvalue weighted by molar-refractivity contribution is -0.141. The summed E-state index contributed by atoms with van der Waals surface area (Å²) in [6.45, 7) is 3.15. The molecule has 0 fully saturated rings. The van der Waals surface area contributed by atoms with Gasteiger partial charge in [-0.05, 0) is 25.2 Å².